The van der Waals surface area contributed by atoms with Gasteiger partial charge < -0.3 is 5.32 Å². The van der Waals surface area contributed by atoms with Crippen LogP contribution in [0.3, 0.4) is 0 Å². The highest BCUT2D eigenvalue weighted by Crippen LogP contribution is 2.20. The third-order valence-corrected chi connectivity index (χ3v) is 3.06. The predicted molar refractivity (Wildman–Crippen MR) is 69.9 cm³/mol. The Hall–Kier alpha value is -1.54. The van der Waals surface area contributed by atoms with E-state index in [1.807, 2.05) is 30.3 Å². The van der Waals surface area contributed by atoms with Crippen LogP contribution in [-0.2, 0) is 6.54 Å². The van der Waals surface area contributed by atoms with Crippen molar-refractivity contribution in [2.45, 2.75) is 13.5 Å². The van der Waals surface area contributed by atoms with Gasteiger partial charge in [-0.1, -0.05) is 35.9 Å². The summed E-state index contributed by atoms with van der Waals surface area (Å²) < 4.78 is 13.3. The molecular weight excluding hydrogens is 237 g/mol. The first-order valence-corrected chi connectivity index (χ1v) is 5.78. The molecule has 1 N–H and O–H groups in total. The minimum atomic E-state index is -0.200. The highest BCUT2D eigenvalue weighted by molar-refractivity contribution is 6.31. The zero-order valence-electron chi connectivity index (χ0n) is 9.50. The topological polar surface area (TPSA) is 12.0 Å². The smallest absolute Gasteiger partial charge is 0.128 e. The normalized spacial score (nSPS) is 10.3. The van der Waals surface area contributed by atoms with Crippen LogP contribution in [0.1, 0.15) is 11.1 Å². The molecule has 2 aromatic carbocycles. The van der Waals surface area contributed by atoms with Crippen LogP contribution in [0.2, 0.25) is 5.02 Å². The van der Waals surface area contributed by atoms with Crippen LogP contribution in [0.25, 0.3) is 0 Å². The Morgan fingerprint density at radius 2 is 1.88 bits per heavy atom. The van der Waals surface area contributed by atoms with Gasteiger partial charge in [-0.05, 0) is 30.7 Å². The molecule has 0 amide bonds. The van der Waals surface area contributed by atoms with Crippen LogP contribution >= 0.6 is 11.6 Å². The molecule has 0 fully saturated rings. The van der Waals surface area contributed by atoms with Gasteiger partial charge in [0, 0.05) is 22.8 Å². The van der Waals surface area contributed by atoms with E-state index in [9.17, 15) is 4.39 Å². The molecule has 17 heavy (non-hydrogen) atoms. The molecule has 0 aliphatic carbocycles. The van der Waals surface area contributed by atoms with Crippen molar-refractivity contribution in [3.63, 3.8) is 0 Å². The van der Waals surface area contributed by atoms with E-state index in [4.69, 9.17) is 11.6 Å². The minimum Gasteiger partial charge on any atom is -0.381 e. The summed E-state index contributed by atoms with van der Waals surface area (Å²) in [5.74, 6) is -0.200. The summed E-state index contributed by atoms with van der Waals surface area (Å²) >= 11 is 6.05. The van der Waals surface area contributed by atoms with Crippen LogP contribution in [0.15, 0.2) is 42.5 Å². The second-order valence-electron chi connectivity index (χ2n) is 3.86. The second-order valence-corrected chi connectivity index (χ2v) is 4.26. The molecule has 0 radical (unpaired) electrons. The van der Waals surface area contributed by atoms with E-state index in [2.05, 4.69) is 5.32 Å². The number of anilines is 1. The number of halogens is 2. The molecule has 0 heterocycles. The summed E-state index contributed by atoms with van der Waals surface area (Å²) in [6, 6.07) is 12.6. The van der Waals surface area contributed by atoms with Crippen molar-refractivity contribution >= 4 is 17.3 Å². The monoisotopic (exact) mass is 249 g/mol. The molecule has 88 valence electrons. The molecule has 2 rings (SSSR count). The fourth-order valence-corrected chi connectivity index (χ4v) is 1.83. The van der Waals surface area contributed by atoms with E-state index < -0.39 is 0 Å². The van der Waals surface area contributed by atoms with Gasteiger partial charge >= 0.3 is 0 Å². The summed E-state index contributed by atoms with van der Waals surface area (Å²) in [6.45, 7) is 2.34. The molecule has 0 saturated heterocycles. The Morgan fingerprint density at radius 3 is 2.65 bits per heavy atom. The standard InChI is InChI=1S/C14H13ClFN/c1-10-13(16)7-4-8-14(10)17-9-11-5-2-3-6-12(11)15/h2-8,17H,9H2,1H3. The average Bonchev–Trinajstić information content (AvgIpc) is 2.33. The van der Waals surface area contributed by atoms with Crippen LogP contribution in [-0.4, -0.2) is 0 Å². The number of hydrogen-bond acceptors (Lipinski definition) is 1. The van der Waals surface area contributed by atoms with Gasteiger partial charge in [0.25, 0.3) is 0 Å². The van der Waals surface area contributed by atoms with E-state index in [0.717, 1.165) is 11.3 Å². The second kappa shape index (κ2) is 5.19. The third-order valence-electron chi connectivity index (χ3n) is 2.69. The van der Waals surface area contributed by atoms with Gasteiger partial charge in [0.15, 0.2) is 0 Å². The van der Waals surface area contributed by atoms with Crippen LogP contribution in [0, 0.1) is 12.7 Å². The molecule has 0 saturated carbocycles. The van der Waals surface area contributed by atoms with Gasteiger partial charge in [-0.2, -0.15) is 0 Å². The van der Waals surface area contributed by atoms with Crippen molar-refractivity contribution < 1.29 is 4.39 Å². The zero-order valence-corrected chi connectivity index (χ0v) is 10.3. The van der Waals surface area contributed by atoms with Crippen molar-refractivity contribution in [3.8, 4) is 0 Å². The Labute approximate surface area is 105 Å². The predicted octanol–water partition coefficient (Wildman–Crippen LogP) is 4.40. The van der Waals surface area contributed by atoms with E-state index in [1.165, 1.54) is 6.07 Å². The van der Waals surface area contributed by atoms with Crippen LogP contribution in [0.4, 0.5) is 10.1 Å². The fraction of sp³-hybridized carbons (Fsp3) is 0.143. The third kappa shape index (κ3) is 2.77. The first-order chi connectivity index (χ1) is 8.18. The van der Waals surface area contributed by atoms with Gasteiger partial charge in [-0.3, -0.25) is 0 Å². The van der Waals surface area contributed by atoms with Gasteiger partial charge in [0.1, 0.15) is 5.82 Å². The summed E-state index contributed by atoms with van der Waals surface area (Å²) in [6.07, 6.45) is 0. The summed E-state index contributed by atoms with van der Waals surface area (Å²) in [5.41, 5.74) is 2.42. The molecule has 0 unspecified atom stereocenters. The Kier molecular flexibility index (Phi) is 3.64. The SMILES string of the molecule is Cc1c(F)cccc1NCc1ccccc1Cl. The van der Waals surface area contributed by atoms with Crippen molar-refractivity contribution in [1.82, 2.24) is 0 Å². The highest BCUT2D eigenvalue weighted by atomic mass is 35.5. The van der Waals surface area contributed by atoms with Gasteiger partial charge in [-0.25, -0.2) is 4.39 Å². The summed E-state index contributed by atoms with van der Waals surface area (Å²) in [4.78, 5) is 0. The summed E-state index contributed by atoms with van der Waals surface area (Å²) in [7, 11) is 0. The number of benzene rings is 2. The molecular formula is C14H13ClFN. The molecule has 1 nitrogen and oxygen atoms in total. The first-order valence-electron chi connectivity index (χ1n) is 5.41. The molecule has 0 atom stereocenters. The molecule has 2 aromatic rings. The summed E-state index contributed by atoms with van der Waals surface area (Å²) in [5, 5.41) is 3.90. The molecule has 0 aliphatic rings. The lowest BCUT2D eigenvalue weighted by Gasteiger charge is -2.10. The first kappa shape index (κ1) is 11.9. The number of nitrogens with one attached hydrogen (secondary N) is 1. The molecule has 3 heteroatoms. The zero-order chi connectivity index (χ0) is 12.3. The van der Waals surface area contributed by atoms with E-state index >= 15 is 0 Å². The maximum absolute atomic E-state index is 13.3. The quantitative estimate of drug-likeness (QED) is 0.850. The van der Waals surface area contributed by atoms with Crippen molar-refractivity contribution in [1.29, 1.82) is 0 Å². The van der Waals surface area contributed by atoms with Crippen LogP contribution < -0.4 is 5.32 Å². The maximum Gasteiger partial charge on any atom is 0.128 e. The van der Waals surface area contributed by atoms with E-state index in [0.29, 0.717) is 17.1 Å². The molecule has 0 spiro atoms. The number of rotatable bonds is 3. The Balaban J connectivity index is 2.13. The van der Waals surface area contributed by atoms with Gasteiger partial charge in [0.05, 0.1) is 0 Å². The molecule has 0 aromatic heterocycles. The molecule has 0 bridgehead atoms. The Bertz CT molecular complexity index is 525. The van der Waals surface area contributed by atoms with Crippen LogP contribution in [0.5, 0.6) is 0 Å². The largest absolute Gasteiger partial charge is 0.381 e. The maximum atomic E-state index is 13.3. The molecule has 0 aliphatic heterocycles. The highest BCUT2D eigenvalue weighted by Gasteiger charge is 2.03. The lowest BCUT2D eigenvalue weighted by atomic mass is 10.1. The Morgan fingerprint density at radius 1 is 1.12 bits per heavy atom. The van der Waals surface area contributed by atoms with Gasteiger partial charge in [0.2, 0.25) is 0 Å². The van der Waals surface area contributed by atoms with Crippen molar-refractivity contribution in [2.75, 3.05) is 5.32 Å². The van der Waals surface area contributed by atoms with E-state index in [1.54, 1.807) is 13.0 Å². The fourth-order valence-electron chi connectivity index (χ4n) is 1.63. The average molecular weight is 250 g/mol. The van der Waals surface area contributed by atoms with Crippen molar-refractivity contribution in [3.05, 3.63) is 64.4 Å². The number of hydrogen-bond donors (Lipinski definition) is 1. The van der Waals surface area contributed by atoms with Crippen molar-refractivity contribution in [2.24, 2.45) is 0 Å². The lowest BCUT2D eigenvalue weighted by Crippen LogP contribution is -2.02. The lowest BCUT2D eigenvalue weighted by molar-refractivity contribution is 0.619. The van der Waals surface area contributed by atoms with Gasteiger partial charge in [-0.15, -0.1) is 0 Å². The van der Waals surface area contributed by atoms with E-state index in [-0.39, 0.29) is 5.82 Å². The minimum absolute atomic E-state index is 0.200.